The van der Waals surface area contributed by atoms with Crippen molar-refractivity contribution in [1.82, 2.24) is 14.5 Å². The van der Waals surface area contributed by atoms with Crippen LogP contribution in [0.5, 0.6) is 0 Å². The molecule has 1 aromatic carbocycles. The first-order chi connectivity index (χ1) is 10.8. The van der Waals surface area contributed by atoms with E-state index in [0.717, 1.165) is 37.3 Å². The standard InChI is InChI=1S/C18H22N4/c1-2-22-11-9-20-18(22)17-8-5-10-21(14-17)13-16-7-4-3-6-15(16)12-19/h3-4,6-7,9,11,17H,2,5,8,10,13-14H2,1H3. The van der Waals surface area contributed by atoms with Crippen molar-refractivity contribution in [3.63, 3.8) is 0 Å². The summed E-state index contributed by atoms with van der Waals surface area (Å²) in [5.74, 6) is 1.71. The van der Waals surface area contributed by atoms with Crippen LogP contribution in [0, 0.1) is 11.3 Å². The van der Waals surface area contributed by atoms with Gasteiger partial charge in [0.2, 0.25) is 0 Å². The van der Waals surface area contributed by atoms with E-state index in [4.69, 9.17) is 0 Å². The Bertz CT molecular complexity index is 668. The lowest BCUT2D eigenvalue weighted by atomic mass is 9.96. The minimum atomic E-state index is 0.498. The molecule has 3 rings (SSSR count). The number of piperidine rings is 1. The lowest BCUT2D eigenvalue weighted by molar-refractivity contribution is 0.194. The first-order valence-corrected chi connectivity index (χ1v) is 8.03. The van der Waals surface area contributed by atoms with Crippen LogP contribution in [-0.2, 0) is 13.1 Å². The molecule has 0 radical (unpaired) electrons. The number of imidazole rings is 1. The number of hydrogen-bond acceptors (Lipinski definition) is 3. The number of aromatic nitrogens is 2. The molecule has 22 heavy (non-hydrogen) atoms. The van der Waals surface area contributed by atoms with E-state index >= 15 is 0 Å². The second-order valence-corrected chi connectivity index (χ2v) is 5.91. The first-order valence-electron chi connectivity index (χ1n) is 8.03. The summed E-state index contributed by atoms with van der Waals surface area (Å²) in [6.07, 6.45) is 6.37. The highest BCUT2D eigenvalue weighted by Gasteiger charge is 2.24. The normalized spacial score (nSPS) is 19.0. The van der Waals surface area contributed by atoms with E-state index in [2.05, 4.69) is 39.7 Å². The molecule has 1 saturated heterocycles. The van der Waals surface area contributed by atoms with Crippen LogP contribution in [0.3, 0.4) is 0 Å². The molecule has 1 atom stereocenters. The third-order valence-electron chi connectivity index (χ3n) is 4.49. The molecule has 2 heterocycles. The predicted molar refractivity (Wildman–Crippen MR) is 86.3 cm³/mol. The van der Waals surface area contributed by atoms with Gasteiger partial charge in [-0.15, -0.1) is 0 Å². The molecule has 1 aliphatic rings. The number of nitrogens with zero attached hydrogens (tertiary/aromatic N) is 4. The smallest absolute Gasteiger partial charge is 0.113 e. The molecule has 1 aliphatic heterocycles. The summed E-state index contributed by atoms with van der Waals surface area (Å²) in [5.41, 5.74) is 1.92. The number of likely N-dealkylation sites (tertiary alicyclic amines) is 1. The number of aryl methyl sites for hydroxylation is 1. The van der Waals surface area contributed by atoms with Gasteiger partial charge < -0.3 is 4.57 Å². The molecule has 0 aliphatic carbocycles. The molecule has 0 saturated carbocycles. The summed E-state index contributed by atoms with van der Waals surface area (Å²) in [7, 11) is 0. The maximum Gasteiger partial charge on any atom is 0.113 e. The van der Waals surface area contributed by atoms with Gasteiger partial charge in [-0.1, -0.05) is 18.2 Å². The molecule has 4 nitrogen and oxygen atoms in total. The number of hydrogen-bond donors (Lipinski definition) is 0. The summed E-state index contributed by atoms with van der Waals surface area (Å²) in [5, 5.41) is 9.24. The molecular formula is C18H22N4. The Balaban J connectivity index is 1.72. The average molecular weight is 294 g/mol. The van der Waals surface area contributed by atoms with Gasteiger partial charge in [0.05, 0.1) is 11.6 Å². The molecule has 1 fully saturated rings. The highest BCUT2D eigenvalue weighted by molar-refractivity contribution is 5.37. The Morgan fingerprint density at radius 2 is 2.23 bits per heavy atom. The highest BCUT2D eigenvalue weighted by Crippen LogP contribution is 2.27. The van der Waals surface area contributed by atoms with Crippen LogP contribution in [0.25, 0.3) is 0 Å². The fourth-order valence-corrected chi connectivity index (χ4v) is 3.37. The van der Waals surface area contributed by atoms with Crippen LogP contribution in [0.4, 0.5) is 0 Å². The molecule has 4 heteroatoms. The Morgan fingerprint density at radius 1 is 1.36 bits per heavy atom. The maximum atomic E-state index is 9.24. The zero-order valence-corrected chi connectivity index (χ0v) is 13.1. The van der Waals surface area contributed by atoms with Crippen molar-refractivity contribution in [2.45, 2.75) is 38.8 Å². The maximum absolute atomic E-state index is 9.24. The van der Waals surface area contributed by atoms with Crippen LogP contribution in [0.1, 0.15) is 42.6 Å². The van der Waals surface area contributed by atoms with E-state index in [0.29, 0.717) is 5.92 Å². The molecule has 114 valence electrons. The third-order valence-corrected chi connectivity index (χ3v) is 4.49. The fraction of sp³-hybridized carbons (Fsp3) is 0.444. The Hall–Kier alpha value is -2.12. The summed E-state index contributed by atoms with van der Waals surface area (Å²) in [6, 6.07) is 10.2. The average Bonchev–Trinajstić information content (AvgIpc) is 3.04. The van der Waals surface area contributed by atoms with Crippen LogP contribution in [0.2, 0.25) is 0 Å². The molecule has 0 bridgehead atoms. The van der Waals surface area contributed by atoms with E-state index in [-0.39, 0.29) is 0 Å². The van der Waals surface area contributed by atoms with Gasteiger partial charge in [-0.05, 0) is 37.9 Å². The van der Waals surface area contributed by atoms with E-state index < -0.39 is 0 Å². The molecule has 0 spiro atoms. The van der Waals surface area contributed by atoms with Gasteiger partial charge in [0.15, 0.2) is 0 Å². The lowest BCUT2D eigenvalue weighted by Gasteiger charge is -2.32. The van der Waals surface area contributed by atoms with Crippen LogP contribution >= 0.6 is 0 Å². The van der Waals surface area contributed by atoms with Crippen molar-refractivity contribution >= 4 is 0 Å². The number of benzene rings is 1. The van der Waals surface area contributed by atoms with Crippen molar-refractivity contribution in [1.29, 1.82) is 5.26 Å². The van der Waals surface area contributed by atoms with Crippen LogP contribution < -0.4 is 0 Å². The van der Waals surface area contributed by atoms with Crippen molar-refractivity contribution in [2.24, 2.45) is 0 Å². The SMILES string of the molecule is CCn1ccnc1C1CCCN(Cc2ccccc2C#N)C1. The van der Waals surface area contributed by atoms with Crippen LogP contribution in [0.15, 0.2) is 36.7 Å². The number of rotatable bonds is 4. The van der Waals surface area contributed by atoms with Crippen molar-refractivity contribution in [3.8, 4) is 6.07 Å². The molecule has 1 unspecified atom stereocenters. The van der Waals surface area contributed by atoms with Gasteiger partial charge in [0, 0.05) is 37.9 Å². The van der Waals surface area contributed by atoms with Gasteiger partial charge in [0.1, 0.15) is 5.82 Å². The lowest BCUT2D eigenvalue weighted by Crippen LogP contribution is -2.35. The predicted octanol–water partition coefficient (Wildman–Crippen LogP) is 3.15. The van der Waals surface area contributed by atoms with Crippen molar-refractivity contribution in [3.05, 3.63) is 53.6 Å². The third kappa shape index (κ3) is 3.05. The molecule has 0 amide bonds. The largest absolute Gasteiger partial charge is 0.335 e. The Kier molecular flexibility index (Phi) is 4.55. The summed E-state index contributed by atoms with van der Waals surface area (Å²) >= 11 is 0. The first kappa shape index (κ1) is 14.8. The van der Waals surface area contributed by atoms with Gasteiger partial charge in [-0.25, -0.2) is 4.98 Å². The zero-order valence-electron chi connectivity index (χ0n) is 13.1. The molecule has 1 aromatic heterocycles. The summed E-state index contributed by atoms with van der Waals surface area (Å²) < 4.78 is 2.25. The fourth-order valence-electron chi connectivity index (χ4n) is 3.37. The van der Waals surface area contributed by atoms with Crippen molar-refractivity contribution in [2.75, 3.05) is 13.1 Å². The van der Waals surface area contributed by atoms with Gasteiger partial charge in [-0.3, -0.25) is 4.90 Å². The van der Waals surface area contributed by atoms with Crippen LogP contribution in [-0.4, -0.2) is 27.5 Å². The Labute approximate surface area is 132 Å². The van der Waals surface area contributed by atoms with Gasteiger partial charge in [0.25, 0.3) is 0 Å². The second-order valence-electron chi connectivity index (χ2n) is 5.91. The Morgan fingerprint density at radius 3 is 3.05 bits per heavy atom. The summed E-state index contributed by atoms with van der Waals surface area (Å²) in [4.78, 5) is 7.03. The summed E-state index contributed by atoms with van der Waals surface area (Å²) in [6.45, 7) is 6.12. The van der Waals surface area contributed by atoms with Gasteiger partial charge in [-0.2, -0.15) is 5.26 Å². The molecule has 0 N–H and O–H groups in total. The number of nitriles is 1. The van der Waals surface area contributed by atoms with E-state index in [1.165, 1.54) is 18.7 Å². The van der Waals surface area contributed by atoms with E-state index in [9.17, 15) is 5.26 Å². The quantitative estimate of drug-likeness (QED) is 0.870. The zero-order chi connectivity index (χ0) is 15.4. The molecular weight excluding hydrogens is 272 g/mol. The van der Waals surface area contributed by atoms with E-state index in [1.807, 2.05) is 24.4 Å². The monoisotopic (exact) mass is 294 g/mol. The van der Waals surface area contributed by atoms with E-state index in [1.54, 1.807) is 0 Å². The second kappa shape index (κ2) is 6.76. The van der Waals surface area contributed by atoms with Crippen molar-refractivity contribution < 1.29 is 0 Å². The topological polar surface area (TPSA) is 44.9 Å². The molecule has 2 aromatic rings. The minimum absolute atomic E-state index is 0.498. The highest BCUT2D eigenvalue weighted by atomic mass is 15.1. The van der Waals surface area contributed by atoms with Gasteiger partial charge >= 0.3 is 0 Å². The minimum Gasteiger partial charge on any atom is -0.335 e.